The van der Waals surface area contributed by atoms with E-state index >= 15 is 0 Å². The van der Waals surface area contributed by atoms with Crippen LogP contribution in [0.4, 0.5) is 0 Å². The fourth-order valence-electron chi connectivity index (χ4n) is 5.61. The lowest BCUT2D eigenvalue weighted by atomic mass is 9.48. The number of hydrogen-bond donors (Lipinski definition) is 0. The van der Waals surface area contributed by atoms with Gasteiger partial charge in [-0.2, -0.15) is 0 Å². The van der Waals surface area contributed by atoms with Crippen LogP contribution in [0.3, 0.4) is 0 Å². The highest BCUT2D eigenvalue weighted by Crippen LogP contribution is 2.60. The number of rotatable bonds is 4. The van der Waals surface area contributed by atoms with E-state index in [4.69, 9.17) is 16.3 Å². The maximum absolute atomic E-state index is 13.0. The number of carbonyl (C=O) groups is 1. The fraction of sp³-hybridized carbons (Fsp3) is 0.632. The van der Waals surface area contributed by atoms with Gasteiger partial charge in [0.2, 0.25) is 0 Å². The Labute approximate surface area is 151 Å². The molecule has 0 radical (unpaired) electrons. The molecule has 0 N–H and O–H groups in total. The summed E-state index contributed by atoms with van der Waals surface area (Å²) in [5, 5.41) is 0.565. The summed E-state index contributed by atoms with van der Waals surface area (Å²) in [5.41, 5.74) is 0.868. The van der Waals surface area contributed by atoms with Gasteiger partial charge < -0.3 is 4.74 Å². The van der Waals surface area contributed by atoms with E-state index in [9.17, 15) is 4.79 Å². The minimum Gasteiger partial charge on any atom is -0.484 e. The van der Waals surface area contributed by atoms with Crippen LogP contribution < -0.4 is 4.74 Å². The van der Waals surface area contributed by atoms with Gasteiger partial charge in [0.25, 0.3) is 0 Å². The SMILES string of the molecule is Cc1cc(Br)cc(Cl)c1OCC(=O)C12CC3CC(CC(C3)C1)C2. The van der Waals surface area contributed by atoms with Crippen molar-refractivity contribution in [1.82, 2.24) is 0 Å². The second kappa shape index (κ2) is 5.77. The standard InChI is InChI=1S/C19H22BrClO2/c1-11-2-15(20)6-16(21)18(11)23-10-17(22)19-7-12-3-13(8-19)5-14(4-12)9-19/h2,6,12-14H,3-5,7-10H2,1H3. The van der Waals surface area contributed by atoms with E-state index in [1.807, 2.05) is 19.1 Å². The van der Waals surface area contributed by atoms with Crippen molar-refractivity contribution in [3.8, 4) is 5.75 Å². The van der Waals surface area contributed by atoms with Crippen LogP contribution in [0.25, 0.3) is 0 Å². The molecule has 0 spiro atoms. The quantitative estimate of drug-likeness (QED) is 0.663. The van der Waals surface area contributed by atoms with Crippen LogP contribution in [0.1, 0.15) is 44.1 Å². The monoisotopic (exact) mass is 396 g/mol. The van der Waals surface area contributed by atoms with Crippen LogP contribution in [0.2, 0.25) is 5.02 Å². The van der Waals surface area contributed by atoms with Crippen molar-refractivity contribution in [2.45, 2.75) is 45.4 Å². The Balaban J connectivity index is 1.49. The van der Waals surface area contributed by atoms with Crippen LogP contribution in [-0.4, -0.2) is 12.4 Å². The molecule has 23 heavy (non-hydrogen) atoms. The first-order valence-corrected chi connectivity index (χ1v) is 9.74. The molecule has 1 aromatic carbocycles. The third kappa shape index (κ3) is 2.84. The number of aryl methyl sites for hydroxylation is 1. The summed E-state index contributed by atoms with van der Waals surface area (Å²) in [6.45, 7) is 2.12. The van der Waals surface area contributed by atoms with Crippen LogP contribution in [0, 0.1) is 30.1 Å². The van der Waals surface area contributed by atoms with Gasteiger partial charge in [-0.05, 0) is 80.9 Å². The van der Waals surface area contributed by atoms with E-state index in [0.29, 0.717) is 16.6 Å². The third-order valence-electron chi connectivity index (χ3n) is 6.17. The van der Waals surface area contributed by atoms with E-state index in [1.54, 1.807) is 0 Å². The Hall–Kier alpha value is -0.540. The molecule has 2 nitrogen and oxygen atoms in total. The molecule has 4 aliphatic rings. The molecule has 124 valence electrons. The first-order valence-electron chi connectivity index (χ1n) is 8.57. The molecular weight excluding hydrogens is 376 g/mol. The van der Waals surface area contributed by atoms with Gasteiger partial charge in [0.1, 0.15) is 12.4 Å². The number of benzene rings is 1. The molecule has 0 aromatic heterocycles. The van der Waals surface area contributed by atoms with Gasteiger partial charge in [-0.1, -0.05) is 27.5 Å². The summed E-state index contributed by atoms with van der Waals surface area (Å²) in [5.74, 6) is 3.29. The van der Waals surface area contributed by atoms with Crippen molar-refractivity contribution in [3.63, 3.8) is 0 Å². The van der Waals surface area contributed by atoms with Crippen LogP contribution in [-0.2, 0) is 4.79 Å². The molecule has 1 aromatic rings. The first kappa shape index (κ1) is 16.0. The van der Waals surface area contributed by atoms with Gasteiger partial charge in [0, 0.05) is 9.89 Å². The molecule has 0 aliphatic heterocycles. The minimum absolute atomic E-state index is 0.0928. The number of ether oxygens (including phenoxy) is 1. The Morgan fingerprint density at radius 1 is 1.22 bits per heavy atom. The van der Waals surface area contributed by atoms with E-state index in [2.05, 4.69) is 15.9 Å². The average Bonchev–Trinajstić information content (AvgIpc) is 2.44. The summed E-state index contributed by atoms with van der Waals surface area (Å²) in [6.07, 6.45) is 7.33. The number of halogens is 2. The lowest BCUT2D eigenvalue weighted by molar-refractivity contribution is -0.145. The number of carbonyl (C=O) groups excluding carboxylic acids is 1. The first-order chi connectivity index (χ1) is 10.9. The van der Waals surface area contributed by atoms with Gasteiger partial charge in [0.15, 0.2) is 5.78 Å². The summed E-state index contributed by atoms with van der Waals surface area (Å²) in [6, 6.07) is 3.79. The van der Waals surface area contributed by atoms with Crippen molar-refractivity contribution >= 4 is 33.3 Å². The molecule has 4 fully saturated rings. The molecule has 4 aliphatic carbocycles. The molecule has 5 rings (SSSR count). The number of hydrogen-bond acceptors (Lipinski definition) is 2. The maximum Gasteiger partial charge on any atom is 0.176 e. The van der Waals surface area contributed by atoms with Gasteiger partial charge >= 0.3 is 0 Å². The normalized spacial score (nSPS) is 34.7. The lowest BCUT2D eigenvalue weighted by Gasteiger charge is -2.55. The highest BCUT2D eigenvalue weighted by molar-refractivity contribution is 9.10. The molecule has 4 saturated carbocycles. The number of Topliss-reactive ketones (excluding diaryl/α,β-unsaturated/α-hetero) is 1. The van der Waals surface area contributed by atoms with Gasteiger partial charge in [0.05, 0.1) is 5.02 Å². The van der Waals surface area contributed by atoms with Crippen LogP contribution in [0.5, 0.6) is 5.75 Å². The van der Waals surface area contributed by atoms with Gasteiger partial charge in [-0.15, -0.1) is 0 Å². The zero-order valence-electron chi connectivity index (χ0n) is 13.4. The van der Waals surface area contributed by atoms with E-state index in [1.165, 1.54) is 19.3 Å². The zero-order chi connectivity index (χ0) is 16.2. The molecule has 4 heteroatoms. The predicted molar refractivity (Wildman–Crippen MR) is 95.0 cm³/mol. The highest BCUT2D eigenvalue weighted by atomic mass is 79.9. The molecule has 0 amide bonds. The summed E-state index contributed by atoms with van der Waals surface area (Å²) < 4.78 is 6.80. The maximum atomic E-state index is 13.0. The van der Waals surface area contributed by atoms with Crippen LogP contribution in [0.15, 0.2) is 16.6 Å². The van der Waals surface area contributed by atoms with Crippen molar-refractivity contribution in [2.75, 3.05) is 6.61 Å². The fourth-order valence-corrected chi connectivity index (χ4v) is 6.64. The zero-order valence-corrected chi connectivity index (χ0v) is 15.8. The minimum atomic E-state index is -0.0928. The van der Waals surface area contributed by atoms with Crippen LogP contribution >= 0.6 is 27.5 Å². The molecule has 0 heterocycles. The summed E-state index contributed by atoms with van der Waals surface area (Å²) in [4.78, 5) is 13.0. The van der Waals surface area contributed by atoms with E-state index in [-0.39, 0.29) is 12.0 Å². The molecule has 4 bridgehead atoms. The Bertz CT molecular complexity index is 596. The molecule has 0 atom stereocenters. The van der Waals surface area contributed by atoms with Crippen molar-refractivity contribution in [1.29, 1.82) is 0 Å². The molecule has 0 saturated heterocycles. The smallest absolute Gasteiger partial charge is 0.176 e. The Morgan fingerprint density at radius 3 is 2.30 bits per heavy atom. The second-order valence-corrected chi connectivity index (χ2v) is 9.27. The third-order valence-corrected chi connectivity index (χ3v) is 6.91. The number of ketones is 1. The predicted octanol–water partition coefficient (Wildman–Crippen LogP) is 5.58. The van der Waals surface area contributed by atoms with Crippen molar-refractivity contribution in [2.24, 2.45) is 23.2 Å². The van der Waals surface area contributed by atoms with Crippen molar-refractivity contribution in [3.05, 3.63) is 27.2 Å². The topological polar surface area (TPSA) is 26.3 Å². The van der Waals surface area contributed by atoms with Gasteiger partial charge in [-0.3, -0.25) is 4.79 Å². The Kier molecular flexibility index (Phi) is 4.00. The Morgan fingerprint density at radius 2 is 1.78 bits per heavy atom. The summed E-state index contributed by atoms with van der Waals surface area (Å²) in [7, 11) is 0. The van der Waals surface area contributed by atoms with Crippen molar-refractivity contribution < 1.29 is 9.53 Å². The van der Waals surface area contributed by atoms with Gasteiger partial charge in [-0.25, -0.2) is 0 Å². The second-order valence-electron chi connectivity index (χ2n) is 7.94. The largest absolute Gasteiger partial charge is 0.484 e. The van der Waals surface area contributed by atoms with E-state index < -0.39 is 0 Å². The highest BCUT2D eigenvalue weighted by Gasteiger charge is 2.54. The summed E-state index contributed by atoms with van der Waals surface area (Å²) >= 11 is 9.70. The molecule has 0 unspecified atom stereocenters. The average molecular weight is 398 g/mol. The lowest BCUT2D eigenvalue weighted by Crippen LogP contribution is -2.51. The molecular formula is C19H22BrClO2. The van der Waals surface area contributed by atoms with E-state index in [0.717, 1.165) is 47.1 Å².